The molecule has 0 aromatic carbocycles. The zero-order valence-corrected chi connectivity index (χ0v) is 12.2. The van der Waals surface area contributed by atoms with Crippen LogP contribution in [0.2, 0.25) is 5.02 Å². The predicted octanol–water partition coefficient (Wildman–Crippen LogP) is 2.58. The first-order valence-electron chi connectivity index (χ1n) is 6.28. The molecule has 0 aliphatic heterocycles. The number of hydrogen-bond acceptors (Lipinski definition) is 4. The third kappa shape index (κ3) is 4.69. The Balaban J connectivity index is 2.52. The van der Waals surface area contributed by atoms with Crippen molar-refractivity contribution < 1.29 is 9.90 Å². The molecule has 0 amide bonds. The maximum atomic E-state index is 10.8. The van der Waals surface area contributed by atoms with E-state index in [-0.39, 0.29) is 5.56 Å². The van der Waals surface area contributed by atoms with Crippen LogP contribution in [-0.4, -0.2) is 47.1 Å². The highest BCUT2D eigenvalue weighted by atomic mass is 35.5. The number of likely N-dealkylation sites (N-methyl/N-ethyl adjacent to an activating group) is 1. The highest BCUT2D eigenvalue weighted by Crippen LogP contribution is 2.19. The van der Waals surface area contributed by atoms with E-state index in [9.17, 15) is 4.79 Å². The molecule has 5 nitrogen and oxygen atoms in total. The van der Waals surface area contributed by atoms with Crippen molar-refractivity contribution in [2.45, 2.75) is 26.3 Å². The number of carboxylic acid groups (broad SMARTS) is 1. The summed E-state index contributed by atoms with van der Waals surface area (Å²) in [7, 11) is 2.07. The number of halogens is 1. The molecule has 0 saturated carbocycles. The van der Waals surface area contributed by atoms with Crippen molar-refractivity contribution in [3.8, 4) is 0 Å². The molecule has 0 aliphatic rings. The first kappa shape index (κ1) is 15.7. The maximum Gasteiger partial charge on any atom is 0.337 e. The Kier molecular flexibility index (Phi) is 6.05. The van der Waals surface area contributed by atoms with Gasteiger partial charge in [0, 0.05) is 25.3 Å². The van der Waals surface area contributed by atoms with Crippen molar-refractivity contribution in [1.29, 1.82) is 0 Å². The Labute approximate surface area is 118 Å². The minimum atomic E-state index is -1.03. The number of aromatic carboxylic acids is 1. The van der Waals surface area contributed by atoms with E-state index in [4.69, 9.17) is 16.7 Å². The molecule has 1 unspecified atom stereocenters. The molecule has 1 rings (SSSR count). The maximum absolute atomic E-state index is 10.8. The summed E-state index contributed by atoms with van der Waals surface area (Å²) in [5.74, 6) is -0.512. The second-order valence-corrected chi connectivity index (χ2v) is 4.93. The monoisotopic (exact) mass is 285 g/mol. The number of carboxylic acids is 1. The van der Waals surface area contributed by atoms with Gasteiger partial charge in [0.1, 0.15) is 5.82 Å². The standard InChI is InChI=1S/C13H20ClN3O2/c1-4-9(2)17(3)6-5-15-12-11(14)7-10(8-16-12)13(18)19/h7-9H,4-6H2,1-3H3,(H,15,16)(H,18,19). The second-order valence-electron chi connectivity index (χ2n) is 4.52. The van der Waals surface area contributed by atoms with Crippen LogP contribution in [0.4, 0.5) is 5.82 Å². The van der Waals surface area contributed by atoms with Crippen molar-refractivity contribution in [2.75, 3.05) is 25.5 Å². The Bertz CT molecular complexity index is 440. The van der Waals surface area contributed by atoms with E-state index in [2.05, 4.69) is 36.1 Å². The number of carbonyl (C=O) groups is 1. The van der Waals surface area contributed by atoms with Gasteiger partial charge in [-0.25, -0.2) is 9.78 Å². The van der Waals surface area contributed by atoms with Gasteiger partial charge in [-0.1, -0.05) is 18.5 Å². The summed E-state index contributed by atoms with van der Waals surface area (Å²) < 4.78 is 0. The Hall–Kier alpha value is -1.33. The molecule has 0 fully saturated rings. The summed E-state index contributed by atoms with van der Waals surface area (Å²) in [4.78, 5) is 17.0. The Morgan fingerprint density at radius 2 is 2.32 bits per heavy atom. The Morgan fingerprint density at radius 3 is 2.84 bits per heavy atom. The van der Waals surface area contributed by atoms with E-state index in [1.807, 2.05) is 0 Å². The molecule has 106 valence electrons. The first-order valence-corrected chi connectivity index (χ1v) is 6.66. The van der Waals surface area contributed by atoms with Crippen molar-refractivity contribution in [3.05, 3.63) is 22.8 Å². The lowest BCUT2D eigenvalue weighted by Crippen LogP contribution is -2.32. The third-order valence-corrected chi connectivity index (χ3v) is 3.48. The van der Waals surface area contributed by atoms with E-state index in [1.54, 1.807) is 0 Å². The van der Waals surface area contributed by atoms with E-state index in [1.165, 1.54) is 12.3 Å². The summed E-state index contributed by atoms with van der Waals surface area (Å²) >= 11 is 5.98. The summed E-state index contributed by atoms with van der Waals surface area (Å²) in [6.07, 6.45) is 2.40. The van der Waals surface area contributed by atoms with Gasteiger partial charge in [-0.05, 0) is 26.5 Å². The van der Waals surface area contributed by atoms with Crippen molar-refractivity contribution >= 4 is 23.4 Å². The van der Waals surface area contributed by atoms with Crippen LogP contribution in [0.1, 0.15) is 30.6 Å². The molecule has 1 aromatic heterocycles. The van der Waals surface area contributed by atoms with Crippen LogP contribution in [0.25, 0.3) is 0 Å². The molecule has 0 radical (unpaired) electrons. The Morgan fingerprint density at radius 1 is 1.63 bits per heavy atom. The van der Waals surface area contributed by atoms with Crippen LogP contribution in [0.15, 0.2) is 12.3 Å². The fourth-order valence-electron chi connectivity index (χ4n) is 1.57. The van der Waals surface area contributed by atoms with Crippen LogP contribution >= 0.6 is 11.6 Å². The molecule has 1 atom stereocenters. The number of pyridine rings is 1. The smallest absolute Gasteiger partial charge is 0.337 e. The van der Waals surface area contributed by atoms with Crippen LogP contribution < -0.4 is 5.32 Å². The third-order valence-electron chi connectivity index (χ3n) is 3.19. The van der Waals surface area contributed by atoms with Gasteiger partial charge in [0.05, 0.1) is 10.6 Å². The van der Waals surface area contributed by atoms with Crippen LogP contribution in [0.3, 0.4) is 0 Å². The van der Waals surface area contributed by atoms with Gasteiger partial charge in [-0.15, -0.1) is 0 Å². The molecule has 1 heterocycles. The van der Waals surface area contributed by atoms with E-state index in [0.29, 0.717) is 23.4 Å². The molecular weight excluding hydrogens is 266 g/mol. The first-order chi connectivity index (χ1) is 8.95. The largest absolute Gasteiger partial charge is 0.478 e. The molecule has 6 heteroatoms. The fourth-order valence-corrected chi connectivity index (χ4v) is 1.80. The summed E-state index contributed by atoms with van der Waals surface area (Å²) in [6, 6.07) is 1.93. The average Bonchev–Trinajstić information content (AvgIpc) is 2.39. The molecular formula is C13H20ClN3O2. The number of hydrogen-bond donors (Lipinski definition) is 2. The van der Waals surface area contributed by atoms with Gasteiger partial charge in [0.2, 0.25) is 0 Å². The predicted molar refractivity (Wildman–Crippen MR) is 77.1 cm³/mol. The second kappa shape index (κ2) is 7.31. The van der Waals surface area contributed by atoms with Gasteiger partial charge in [0.15, 0.2) is 0 Å². The summed E-state index contributed by atoms with van der Waals surface area (Å²) in [5, 5.41) is 12.2. The van der Waals surface area contributed by atoms with Crippen molar-refractivity contribution in [2.24, 2.45) is 0 Å². The SMILES string of the molecule is CCC(C)N(C)CCNc1ncc(C(=O)O)cc1Cl. The van der Waals surface area contributed by atoms with Crippen molar-refractivity contribution in [3.63, 3.8) is 0 Å². The molecule has 0 bridgehead atoms. The number of anilines is 1. The molecule has 0 spiro atoms. The van der Waals surface area contributed by atoms with E-state index in [0.717, 1.165) is 13.0 Å². The number of nitrogens with one attached hydrogen (secondary N) is 1. The summed E-state index contributed by atoms with van der Waals surface area (Å²) in [6.45, 7) is 5.90. The van der Waals surface area contributed by atoms with Crippen LogP contribution in [-0.2, 0) is 0 Å². The molecule has 0 saturated heterocycles. The summed E-state index contributed by atoms with van der Waals surface area (Å²) in [5.41, 5.74) is 0.0901. The fraction of sp³-hybridized carbons (Fsp3) is 0.538. The van der Waals surface area contributed by atoms with Gasteiger partial charge in [-0.3, -0.25) is 0 Å². The van der Waals surface area contributed by atoms with E-state index < -0.39 is 5.97 Å². The zero-order valence-electron chi connectivity index (χ0n) is 11.5. The molecule has 19 heavy (non-hydrogen) atoms. The van der Waals surface area contributed by atoms with Crippen molar-refractivity contribution in [1.82, 2.24) is 9.88 Å². The molecule has 2 N–H and O–H groups in total. The van der Waals surface area contributed by atoms with Crippen LogP contribution in [0.5, 0.6) is 0 Å². The van der Waals surface area contributed by atoms with Crippen LogP contribution in [0, 0.1) is 0 Å². The topological polar surface area (TPSA) is 65.5 Å². The molecule has 1 aromatic rings. The lowest BCUT2D eigenvalue weighted by Gasteiger charge is -2.23. The van der Waals surface area contributed by atoms with Gasteiger partial charge in [0.25, 0.3) is 0 Å². The number of aromatic nitrogens is 1. The molecule has 0 aliphatic carbocycles. The van der Waals surface area contributed by atoms with Gasteiger partial charge >= 0.3 is 5.97 Å². The van der Waals surface area contributed by atoms with Gasteiger partial charge in [-0.2, -0.15) is 0 Å². The normalized spacial score (nSPS) is 12.5. The van der Waals surface area contributed by atoms with Gasteiger partial charge < -0.3 is 15.3 Å². The quantitative estimate of drug-likeness (QED) is 0.806. The van der Waals surface area contributed by atoms with E-state index >= 15 is 0 Å². The average molecular weight is 286 g/mol. The lowest BCUT2D eigenvalue weighted by molar-refractivity contribution is 0.0696. The minimum Gasteiger partial charge on any atom is -0.478 e. The number of rotatable bonds is 7. The highest BCUT2D eigenvalue weighted by Gasteiger charge is 2.09. The zero-order chi connectivity index (χ0) is 14.4. The lowest BCUT2D eigenvalue weighted by atomic mass is 10.2. The minimum absolute atomic E-state index is 0.0901. The highest BCUT2D eigenvalue weighted by molar-refractivity contribution is 6.33. The number of nitrogens with zero attached hydrogens (tertiary/aromatic N) is 2.